The Bertz CT molecular complexity index is 1880. The first-order chi connectivity index (χ1) is 22.2. The molecular weight excluding hydrogens is 593 g/mol. The molecule has 10 nitrogen and oxygen atoms in total. The molecule has 4 aromatic heterocycles. The van der Waals surface area contributed by atoms with Gasteiger partial charge in [-0.2, -0.15) is 23.5 Å². The SMILES string of the molecule is Cc1ccc(-c2nncn2C)c(-c2cc(NCCCC#N)nc(-n3cc(-c4nc(CNCC5CC5)ccc4C(F)(F)F)cn3)c2)c1. The summed E-state index contributed by atoms with van der Waals surface area (Å²) < 4.78 is 45.6. The molecule has 0 aliphatic heterocycles. The Labute approximate surface area is 264 Å². The van der Waals surface area contributed by atoms with Crippen LogP contribution >= 0.6 is 0 Å². The molecule has 0 unspecified atom stereocenters. The van der Waals surface area contributed by atoms with E-state index in [0.717, 1.165) is 34.9 Å². The fraction of sp³-hybridized carbons (Fsp3) is 0.333. The minimum absolute atomic E-state index is 0.182. The summed E-state index contributed by atoms with van der Waals surface area (Å²) in [5.74, 6) is 2.24. The summed E-state index contributed by atoms with van der Waals surface area (Å²) in [7, 11) is 1.87. The summed E-state index contributed by atoms with van der Waals surface area (Å²) in [6, 6.07) is 14.4. The third-order valence-electron chi connectivity index (χ3n) is 7.81. The number of alkyl halides is 3. The molecule has 4 heterocycles. The predicted octanol–water partition coefficient (Wildman–Crippen LogP) is 6.33. The summed E-state index contributed by atoms with van der Waals surface area (Å²) in [6.45, 7) is 3.71. The van der Waals surface area contributed by atoms with Crippen molar-refractivity contribution in [1.29, 1.82) is 5.26 Å². The fourth-order valence-corrected chi connectivity index (χ4v) is 5.23. The molecule has 1 aliphatic rings. The summed E-state index contributed by atoms with van der Waals surface area (Å²) in [5, 5.41) is 28.3. The zero-order valence-electron chi connectivity index (χ0n) is 25.5. The largest absolute Gasteiger partial charge is 0.418 e. The summed E-state index contributed by atoms with van der Waals surface area (Å²) in [5.41, 5.74) is 3.29. The third kappa shape index (κ3) is 7.07. The molecule has 236 valence electrons. The van der Waals surface area contributed by atoms with E-state index in [2.05, 4.69) is 37.0 Å². The number of aryl methyl sites for hydroxylation is 2. The normalized spacial score (nSPS) is 13.1. The summed E-state index contributed by atoms with van der Waals surface area (Å²) in [4.78, 5) is 9.16. The molecule has 13 heteroatoms. The first-order valence-electron chi connectivity index (χ1n) is 15.1. The zero-order chi connectivity index (χ0) is 32.3. The molecule has 1 aromatic carbocycles. The number of pyridine rings is 2. The average Bonchev–Trinajstić information content (AvgIpc) is 3.54. The second kappa shape index (κ2) is 13.1. The number of halogens is 3. The number of nitriles is 1. The van der Waals surface area contributed by atoms with Crippen molar-refractivity contribution < 1.29 is 13.2 Å². The van der Waals surface area contributed by atoms with Crippen molar-refractivity contribution in [2.24, 2.45) is 13.0 Å². The number of benzene rings is 1. The molecule has 0 amide bonds. The lowest BCUT2D eigenvalue weighted by atomic mass is 9.97. The zero-order valence-corrected chi connectivity index (χ0v) is 25.5. The van der Waals surface area contributed by atoms with Crippen LogP contribution in [0.25, 0.3) is 39.6 Å². The van der Waals surface area contributed by atoms with E-state index in [4.69, 9.17) is 10.2 Å². The van der Waals surface area contributed by atoms with Crippen molar-refractivity contribution in [3.05, 3.63) is 78.0 Å². The molecular formula is C33H33F3N10. The van der Waals surface area contributed by atoms with Gasteiger partial charge in [0, 0.05) is 43.9 Å². The maximum atomic E-state index is 14.1. The lowest BCUT2D eigenvalue weighted by Crippen LogP contribution is -2.18. The molecule has 1 fully saturated rings. The molecule has 5 aromatic rings. The van der Waals surface area contributed by atoms with Crippen LogP contribution in [0.5, 0.6) is 0 Å². The molecule has 2 N–H and O–H groups in total. The van der Waals surface area contributed by atoms with Gasteiger partial charge in [-0.1, -0.05) is 23.8 Å². The summed E-state index contributed by atoms with van der Waals surface area (Å²) >= 11 is 0. The second-order valence-electron chi connectivity index (χ2n) is 11.5. The maximum Gasteiger partial charge on any atom is 0.418 e. The Morgan fingerprint density at radius 3 is 2.63 bits per heavy atom. The molecule has 0 atom stereocenters. The fourth-order valence-electron chi connectivity index (χ4n) is 5.23. The number of hydrogen-bond acceptors (Lipinski definition) is 8. The molecule has 0 spiro atoms. The molecule has 1 aliphatic carbocycles. The number of aromatic nitrogens is 7. The van der Waals surface area contributed by atoms with Crippen molar-refractivity contribution in [3.8, 4) is 45.7 Å². The number of anilines is 1. The quantitative estimate of drug-likeness (QED) is 0.154. The van der Waals surface area contributed by atoms with E-state index in [-0.39, 0.29) is 11.3 Å². The van der Waals surface area contributed by atoms with Crippen LogP contribution in [0.1, 0.15) is 42.5 Å². The monoisotopic (exact) mass is 626 g/mol. The highest BCUT2D eigenvalue weighted by atomic mass is 19.4. The van der Waals surface area contributed by atoms with Crippen molar-refractivity contribution in [2.75, 3.05) is 18.4 Å². The maximum absolute atomic E-state index is 14.1. The predicted molar refractivity (Wildman–Crippen MR) is 168 cm³/mol. The number of rotatable bonds is 12. The Hall–Kier alpha value is -5.09. The van der Waals surface area contributed by atoms with Crippen LogP contribution < -0.4 is 10.6 Å². The Morgan fingerprint density at radius 1 is 1.04 bits per heavy atom. The highest BCUT2D eigenvalue weighted by Crippen LogP contribution is 2.37. The van der Waals surface area contributed by atoms with Crippen LogP contribution in [0.2, 0.25) is 0 Å². The molecule has 0 bridgehead atoms. The van der Waals surface area contributed by atoms with E-state index in [1.807, 2.05) is 48.9 Å². The van der Waals surface area contributed by atoms with E-state index in [1.165, 1.54) is 36.0 Å². The number of unbranched alkanes of at least 4 members (excludes halogenated alkanes) is 1. The number of nitrogens with zero attached hydrogens (tertiary/aromatic N) is 8. The molecule has 0 saturated heterocycles. The van der Waals surface area contributed by atoms with E-state index in [1.54, 1.807) is 6.33 Å². The van der Waals surface area contributed by atoms with Gasteiger partial charge in [-0.3, -0.25) is 4.98 Å². The van der Waals surface area contributed by atoms with E-state index in [9.17, 15) is 13.2 Å². The van der Waals surface area contributed by atoms with Gasteiger partial charge in [0.1, 0.15) is 12.1 Å². The summed E-state index contributed by atoms with van der Waals surface area (Å²) in [6.07, 6.45) is 3.30. The molecule has 6 rings (SSSR count). The Balaban J connectivity index is 1.40. The van der Waals surface area contributed by atoms with Gasteiger partial charge in [0.05, 0.1) is 29.2 Å². The van der Waals surface area contributed by atoms with E-state index >= 15 is 0 Å². The number of hydrogen-bond donors (Lipinski definition) is 2. The van der Waals surface area contributed by atoms with Crippen LogP contribution in [-0.2, 0) is 19.8 Å². The van der Waals surface area contributed by atoms with Crippen molar-refractivity contribution in [2.45, 2.75) is 45.3 Å². The van der Waals surface area contributed by atoms with Gasteiger partial charge in [0.25, 0.3) is 0 Å². The van der Waals surface area contributed by atoms with Crippen LogP contribution in [-0.4, -0.2) is 47.6 Å². The van der Waals surface area contributed by atoms with Crippen molar-refractivity contribution >= 4 is 5.82 Å². The van der Waals surface area contributed by atoms with Crippen LogP contribution in [0.15, 0.2) is 61.2 Å². The molecule has 1 saturated carbocycles. The minimum atomic E-state index is -4.59. The molecule has 46 heavy (non-hydrogen) atoms. The topological polar surface area (TPSA) is 122 Å². The van der Waals surface area contributed by atoms with Crippen LogP contribution in [0.4, 0.5) is 19.0 Å². The van der Waals surface area contributed by atoms with E-state index in [0.29, 0.717) is 55.0 Å². The van der Waals surface area contributed by atoms with Crippen LogP contribution in [0, 0.1) is 24.2 Å². The highest BCUT2D eigenvalue weighted by molar-refractivity contribution is 5.83. The smallest absolute Gasteiger partial charge is 0.370 e. The average molecular weight is 627 g/mol. The van der Waals surface area contributed by atoms with Gasteiger partial charge in [-0.05, 0) is 74.0 Å². The first kappa shape index (κ1) is 30.9. The second-order valence-corrected chi connectivity index (χ2v) is 11.5. The van der Waals surface area contributed by atoms with Gasteiger partial charge in [0.15, 0.2) is 11.6 Å². The first-order valence-corrected chi connectivity index (χ1v) is 15.1. The molecule has 0 radical (unpaired) electrons. The third-order valence-corrected chi connectivity index (χ3v) is 7.81. The Morgan fingerprint density at radius 2 is 1.89 bits per heavy atom. The highest BCUT2D eigenvalue weighted by Gasteiger charge is 2.35. The van der Waals surface area contributed by atoms with Gasteiger partial charge >= 0.3 is 6.18 Å². The van der Waals surface area contributed by atoms with Gasteiger partial charge in [0.2, 0.25) is 0 Å². The van der Waals surface area contributed by atoms with Crippen LogP contribution in [0.3, 0.4) is 0 Å². The standard InChI is InChI=1S/C33H33F3N10/c1-21-5-9-26(32-44-40-20-45(32)2)27(13-21)23-14-29(39-12-4-3-11-37)43-30(15-23)46-19-24(17-41-46)31-28(33(34,35)36)10-8-25(42-31)18-38-16-22-6-7-22/h5,8-10,13-15,17,19-20,22,38H,3-4,6-7,12,16,18H2,1-2H3,(H,39,43). The minimum Gasteiger partial charge on any atom is -0.370 e. The van der Waals surface area contributed by atoms with E-state index < -0.39 is 11.7 Å². The Kier molecular flexibility index (Phi) is 8.81. The number of nitrogens with one attached hydrogen (secondary N) is 2. The van der Waals surface area contributed by atoms with Gasteiger partial charge in [-0.25, -0.2) is 9.67 Å². The van der Waals surface area contributed by atoms with Crippen molar-refractivity contribution in [3.63, 3.8) is 0 Å². The van der Waals surface area contributed by atoms with Gasteiger partial charge in [-0.15, -0.1) is 10.2 Å². The van der Waals surface area contributed by atoms with Gasteiger partial charge < -0.3 is 15.2 Å². The van der Waals surface area contributed by atoms with Crippen molar-refractivity contribution in [1.82, 2.24) is 39.8 Å². The lowest BCUT2D eigenvalue weighted by Gasteiger charge is -2.14. The lowest BCUT2D eigenvalue weighted by molar-refractivity contribution is -0.137.